The lowest BCUT2D eigenvalue weighted by molar-refractivity contribution is -0.140. The predicted octanol–water partition coefficient (Wildman–Crippen LogP) is 7.78. The van der Waals surface area contributed by atoms with Gasteiger partial charge in [-0.25, -0.2) is 0 Å². The summed E-state index contributed by atoms with van der Waals surface area (Å²) in [6.07, 6.45) is 8.21. The third-order valence-corrected chi connectivity index (χ3v) is 8.74. The maximum absolute atomic E-state index is 14.3. The van der Waals surface area contributed by atoms with Gasteiger partial charge in [-0.3, -0.25) is 9.59 Å². The van der Waals surface area contributed by atoms with Gasteiger partial charge in [0.1, 0.15) is 6.04 Å². The summed E-state index contributed by atoms with van der Waals surface area (Å²) >= 11 is 6.25. The van der Waals surface area contributed by atoms with Gasteiger partial charge >= 0.3 is 0 Å². The van der Waals surface area contributed by atoms with Crippen molar-refractivity contribution in [3.8, 4) is 0 Å². The molecule has 2 amide bonds. The van der Waals surface area contributed by atoms with E-state index in [9.17, 15) is 9.59 Å². The van der Waals surface area contributed by atoms with Gasteiger partial charge in [0.25, 0.3) is 0 Å². The largest absolute Gasteiger partial charge is 0.361 e. The lowest BCUT2D eigenvalue weighted by Gasteiger charge is -2.33. The number of aromatic amines is 1. The molecule has 1 aliphatic carbocycles. The molecule has 1 atom stereocenters. The number of amides is 2. The Morgan fingerprint density at radius 1 is 0.881 bits per heavy atom. The van der Waals surface area contributed by atoms with Crippen LogP contribution >= 0.6 is 11.6 Å². The highest BCUT2D eigenvalue weighted by Gasteiger charge is 2.33. The van der Waals surface area contributed by atoms with E-state index < -0.39 is 6.04 Å². The molecule has 0 bridgehead atoms. The highest BCUT2D eigenvalue weighted by Crippen LogP contribution is 2.28. The van der Waals surface area contributed by atoms with Gasteiger partial charge in [0, 0.05) is 34.7 Å². The molecule has 42 heavy (non-hydrogen) atoms. The smallest absolute Gasteiger partial charge is 0.247 e. The Morgan fingerprint density at radius 2 is 1.62 bits per heavy atom. The van der Waals surface area contributed by atoms with E-state index in [2.05, 4.69) is 46.7 Å². The molecule has 5 aromatic rings. The van der Waals surface area contributed by atoms with E-state index in [0.29, 0.717) is 18.0 Å². The molecule has 1 saturated carbocycles. The van der Waals surface area contributed by atoms with E-state index in [1.807, 2.05) is 48.7 Å². The molecule has 0 saturated heterocycles. The number of fused-ring (bicyclic) bond motifs is 2. The number of carbonyl (C=O) groups is 2. The van der Waals surface area contributed by atoms with Gasteiger partial charge in [0.05, 0.1) is 6.42 Å². The molecule has 6 heteroatoms. The molecule has 2 N–H and O–H groups in total. The van der Waals surface area contributed by atoms with Crippen LogP contribution in [-0.2, 0) is 22.4 Å². The van der Waals surface area contributed by atoms with Crippen LogP contribution < -0.4 is 5.32 Å². The molecular weight excluding hydrogens is 542 g/mol. The SMILES string of the molecule is O=C(NC1CCCCC1)C(c1ccc(Cl)cc1)N(CCc1c[nH]c2ccccc12)C(=O)Cc1ccc2ccccc2c1. The Morgan fingerprint density at radius 3 is 2.43 bits per heavy atom. The number of hydrogen-bond donors (Lipinski definition) is 2. The zero-order valence-corrected chi connectivity index (χ0v) is 24.4. The summed E-state index contributed by atoms with van der Waals surface area (Å²) in [7, 11) is 0. The summed E-state index contributed by atoms with van der Waals surface area (Å²) in [5, 5.41) is 7.26. The maximum atomic E-state index is 14.3. The van der Waals surface area contributed by atoms with E-state index in [0.717, 1.165) is 64.0 Å². The Labute approximate surface area is 251 Å². The van der Waals surface area contributed by atoms with Crippen molar-refractivity contribution < 1.29 is 9.59 Å². The van der Waals surface area contributed by atoms with Crippen molar-refractivity contribution in [2.75, 3.05) is 6.54 Å². The second kappa shape index (κ2) is 12.8. The first-order chi connectivity index (χ1) is 20.5. The minimum atomic E-state index is -0.762. The second-order valence-electron chi connectivity index (χ2n) is 11.4. The van der Waals surface area contributed by atoms with Crippen LogP contribution in [0.15, 0.2) is 97.2 Å². The molecule has 6 rings (SSSR count). The van der Waals surface area contributed by atoms with Crippen molar-refractivity contribution in [3.63, 3.8) is 0 Å². The van der Waals surface area contributed by atoms with Gasteiger partial charge in [-0.2, -0.15) is 0 Å². The van der Waals surface area contributed by atoms with E-state index in [4.69, 9.17) is 11.6 Å². The van der Waals surface area contributed by atoms with Crippen LogP contribution in [0.5, 0.6) is 0 Å². The highest BCUT2D eigenvalue weighted by atomic mass is 35.5. The molecule has 1 aliphatic rings. The number of halogens is 1. The number of H-pyrrole nitrogens is 1. The van der Waals surface area contributed by atoms with Crippen LogP contribution in [0, 0.1) is 0 Å². The van der Waals surface area contributed by atoms with Crippen molar-refractivity contribution in [2.24, 2.45) is 0 Å². The van der Waals surface area contributed by atoms with Crippen molar-refractivity contribution in [2.45, 2.75) is 57.0 Å². The van der Waals surface area contributed by atoms with Crippen molar-refractivity contribution >= 4 is 45.1 Å². The van der Waals surface area contributed by atoms with E-state index >= 15 is 0 Å². The topological polar surface area (TPSA) is 65.2 Å². The molecule has 214 valence electrons. The first kappa shape index (κ1) is 28.0. The number of nitrogens with zero attached hydrogens (tertiary/aromatic N) is 1. The fraction of sp³-hybridized carbons (Fsp3) is 0.278. The minimum absolute atomic E-state index is 0.0798. The summed E-state index contributed by atoms with van der Waals surface area (Å²) in [6.45, 7) is 0.402. The standard InChI is InChI=1S/C36H36ClN3O2/c37-30-18-16-27(17-19-30)35(36(42)39-31-10-2-1-3-11-31)40(21-20-29-24-38-33-13-7-6-12-32(29)33)34(41)23-25-14-15-26-8-4-5-9-28(26)22-25/h4-9,12-19,22,24,31,35,38H,1-3,10-11,20-21,23H2,(H,39,42). The number of benzene rings is 4. The van der Waals surface area contributed by atoms with Crippen molar-refractivity contribution in [1.29, 1.82) is 0 Å². The molecule has 1 aromatic heterocycles. The molecule has 0 radical (unpaired) electrons. The summed E-state index contributed by atoms with van der Waals surface area (Å²) in [5.74, 6) is -0.209. The molecule has 0 spiro atoms. The zero-order valence-electron chi connectivity index (χ0n) is 23.7. The Hall–Kier alpha value is -4.09. The van der Waals surface area contributed by atoms with Gasteiger partial charge in [-0.1, -0.05) is 104 Å². The van der Waals surface area contributed by atoms with E-state index in [-0.39, 0.29) is 24.3 Å². The number of carbonyl (C=O) groups excluding carboxylic acids is 2. The molecule has 4 aromatic carbocycles. The summed E-state index contributed by atoms with van der Waals surface area (Å²) in [4.78, 5) is 33.5. The first-order valence-electron chi connectivity index (χ1n) is 14.9. The van der Waals surface area contributed by atoms with Crippen molar-refractivity contribution in [1.82, 2.24) is 15.2 Å². The zero-order chi connectivity index (χ0) is 28.9. The summed E-state index contributed by atoms with van der Waals surface area (Å²) in [6, 6.07) is 29.2. The van der Waals surface area contributed by atoms with Gasteiger partial charge < -0.3 is 15.2 Å². The third kappa shape index (κ3) is 6.37. The number of aromatic nitrogens is 1. The Bertz CT molecular complexity index is 1690. The number of hydrogen-bond acceptors (Lipinski definition) is 2. The fourth-order valence-electron chi connectivity index (χ4n) is 6.25. The van der Waals surface area contributed by atoms with Crippen LogP contribution in [0.1, 0.15) is 54.8 Å². The Balaban J connectivity index is 1.34. The van der Waals surface area contributed by atoms with Gasteiger partial charge in [0.15, 0.2) is 0 Å². The first-order valence-corrected chi connectivity index (χ1v) is 15.3. The monoisotopic (exact) mass is 577 g/mol. The molecule has 1 heterocycles. The predicted molar refractivity (Wildman–Crippen MR) is 171 cm³/mol. The summed E-state index contributed by atoms with van der Waals surface area (Å²) in [5.41, 5.74) is 3.87. The number of para-hydroxylation sites is 1. The maximum Gasteiger partial charge on any atom is 0.247 e. The van der Waals surface area contributed by atoms with E-state index in [1.54, 1.807) is 17.0 Å². The average Bonchev–Trinajstić information content (AvgIpc) is 3.43. The third-order valence-electron chi connectivity index (χ3n) is 8.48. The van der Waals surface area contributed by atoms with Crippen LogP contribution in [0.3, 0.4) is 0 Å². The van der Waals surface area contributed by atoms with Crippen molar-refractivity contribution in [3.05, 3.63) is 119 Å². The second-order valence-corrected chi connectivity index (χ2v) is 11.8. The molecule has 1 fully saturated rings. The van der Waals surface area contributed by atoms with Gasteiger partial charge in [-0.15, -0.1) is 0 Å². The summed E-state index contributed by atoms with van der Waals surface area (Å²) < 4.78 is 0. The van der Waals surface area contributed by atoms with Gasteiger partial charge in [-0.05, 0) is 64.9 Å². The lowest BCUT2D eigenvalue weighted by Crippen LogP contribution is -2.48. The van der Waals surface area contributed by atoms with E-state index in [1.165, 1.54) is 6.42 Å². The number of nitrogens with one attached hydrogen (secondary N) is 2. The molecule has 5 nitrogen and oxygen atoms in total. The van der Waals surface area contributed by atoms with Gasteiger partial charge in [0.2, 0.25) is 11.8 Å². The normalized spacial score (nSPS) is 14.6. The fourth-order valence-corrected chi connectivity index (χ4v) is 6.37. The van der Waals surface area contributed by atoms with Crippen LogP contribution in [0.25, 0.3) is 21.7 Å². The quantitative estimate of drug-likeness (QED) is 0.188. The molecular formula is C36H36ClN3O2. The average molecular weight is 578 g/mol. The lowest BCUT2D eigenvalue weighted by atomic mass is 9.94. The molecule has 1 unspecified atom stereocenters. The molecule has 0 aliphatic heterocycles. The highest BCUT2D eigenvalue weighted by molar-refractivity contribution is 6.30. The number of rotatable bonds is 9. The minimum Gasteiger partial charge on any atom is -0.361 e. The van der Waals surface area contributed by atoms with Crippen LogP contribution in [0.2, 0.25) is 5.02 Å². The Kier molecular flexibility index (Phi) is 8.57. The van der Waals surface area contributed by atoms with Crippen LogP contribution in [-0.4, -0.2) is 34.3 Å². The van der Waals surface area contributed by atoms with Crippen LogP contribution in [0.4, 0.5) is 0 Å².